The predicted molar refractivity (Wildman–Crippen MR) is 141 cm³/mol. The largest absolute Gasteiger partial charge is 0.497 e. The third-order valence-electron chi connectivity index (χ3n) is 7.07. The number of benzene rings is 2. The molecule has 1 saturated heterocycles. The van der Waals surface area contributed by atoms with Crippen molar-refractivity contribution in [3.8, 4) is 5.75 Å². The summed E-state index contributed by atoms with van der Waals surface area (Å²) in [6.45, 7) is 1.49. The molecule has 6 heteroatoms. The van der Waals surface area contributed by atoms with E-state index in [0.29, 0.717) is 12.3 Å². The van der Waals surface area contributed by atoms with Crippen molar-refractivity contribution in [2.45, 2.75) is 38.1 Å². The number of thiophene rings is 1. The summed E-state index contributed by atoms with van der Waals surface area (Å²) in [5, 5.41) is 3.85. The Bertz CT molecular complexity index is 1090. The van der Waals surface area contributed by atoms with Crippen LogP contribution in [-0.4, -0.2) is 54.9 Å². The number of nitrogens with zero attached hydrogens (tertiary/aromatic N) is 2. The molecule has 1 unspecified atom stereocenters. The van der Waals surface area contributed by atoms with E-state index in [1.54, 1.807) is 7.11 Å². The highest BCUT2D eigenvalue weighted by Gasteiger charge is 2.33. The van der Waals surface area contributed by atoms with E-state index < -0.39 is 0 Å². The van der Waals surface area contributed by atoms with Gasteiger partial charge in [0, 0.05) is 38.0 Å². The Morgan fingerprint density at radius 1 is 1.06 bits per heavy atom. The fourth-order valence-electron chi connectivity index (χ4n) is 4.99. The number of carbonyl (C=O) groups is 2. The Labute approximate surface area is 212 Å². The molecule has 184 valence electrons. The Hall–Kier alpha value is -3.12. The van der Waals surface area contributed by atoms with Crippen LogP contribution in [0.2, 0.25) is 0 Å². The van der Waals surface area contributed by atoms with Gasteiger partial charge in [0.2, 0.25) is 5.91 Å². The van der Waals surface area contributed by atoms with Crippen LogP contribution in [0.4, 0.5) is 0 Å². The van der Waals surface area contributed by atoms with Crippen molar-refractivity contribution in [3.63, 3.8) is 0 Å². The van der Waals surface area contributed by atoms with Gasteiger partial charge in [-0.1, -0.05) is 42.5 Å². The lowest BCUT2D eigenvalue weighted by Gasteiger charge is -2.40. The molecule has 0 spiro atoms. The third kappa shape index (κ3) is 6.51. The average Bonchev–Trinajstić information content (AvgIpc) is 3.45. The van der Waals surface area contributed by atoms with Gasteiger partial charge in [-0.2, -0.15) is 11.3 Å². The number of rotatable bonds is 9. The first-order chi connectivity index (χ1) is 17.0. The number of hydrogen-bond acceptors (Lipinski definition) is 4. The molecule has 1 aromatic heterocycles. The maximum Gasteiger partial charge on any atom is 0.254 e. The van der Waals surface area contributed by atoms with Gasteiger partial charge in [-0.15, -0.1) is 0 Å². The molecule has 1 atom stereocenters. The molecule has 2 aromatic carbocycles. The summed E-state index contributed by atoms with van der Waals surface area (Å²) in [7, 11) is 3.59. The molecule has 2 amide bonds. The molecule has 4 rings (SSSR count). The molecule has 2 heterocycles. The topological polar surface area (TPSA) is 49.9 Å². The third-order valence-corrected chi connectivity index (χ3v) is 7.76. The molecule has 0 aliphatic carbocycles. The summed E-state index contributed by atoms with van der Waals surface area (Å²) >= 11 is 1.54. The van der Waals surface area contributed by atoms with Gasteiger partial charge in [-0.3, -0.25) is 9.59 Å². The average molecular weight is 491 g/mol. The molecule has 5 nitrogen and oxygen atoms in total. The standard InChI is InChI=1S/C29H34N2O3S/c1-30(29(33)25-15-18-35-21-25)27(20-23-9-6-10-26(19-23)34-2)24-13-16-31(17-14-24)28(32)12-11-22-7-4-3-5-8-22/h3-10,15,18-19,21,24,27H,11-14,16-17,20H2,1-2H3. The summed E-state index contributed by atoms with van der Waals surface area (Å²) in [6, 6.07) is 20.2. The van der Waals surface area contributed by atoms with Crippen molar-refractivity contribution in [1.29, 1.82) is 0 Å². The zero-order valence-electron chi connectivity index (χ0n) is 20.6. The van der Waals surface area contributed by atoms with E-state index in [1.807, 2.05) is 64.0 Å². The van der Waals surface area contributed by atoms with E-state index in [4.69, 9.17) is 4.74 Å². The summed E-state index contributed by atoms with van der Waals surface area (Å²) in [4.78, 5) is 30.0. The number of ether oxygens (including phenoxy) is 1. The number of amides is 2. The minimum atomic E-state index is 0.0519. The van der Waals surface area contributed by atoms with Crippen LogP contribution in [-0.2, 0) is 17.6 Å². The molecule has 0 radical (unpaired) electrons. The van der Waals surface area contributed by atoms with E-state index >= 15 is 0 Å². The van der Waals surface area contributed by atoms with E-state index in [2.05, 4.69) is 24.3 Å². The first-order valence-corrected chi connectivity index (χ1v) is 13.2. The molecule has 1 fully saturated rings. The fraction of sp³-hybridized carbons (Fsp3) is 0.379. The summed E-state index contributed by atoms with van der Waals surface area (Å²) in [6.07, 6.45) is 3.87. The van der Waals surface area contributed by atoms with Gasteiger partial charge < -0.3 is 14.5 Å². The van der Waals surface area contributed by atoms with E-state index in [9.17, 15) is 9.59 Å². The molecular weight excluding hydrogens is 456 g/mol. The Balaban J connectivity index is 1.42. The number of aryl methyl sites for hydroxylation is 1. The lowest BCUT2D eigenvalue weighted by Crippen LogP contribution is -2.48. The SMILES string of the molecule is COc1cccc(CC(C2CCN(C(=O)CCc3ccccc3)CC2)N(C)C(=O)c2ccsc2)c1. The molecule has 35 heavy (non-hydrogen) atoms. The summed E-state index contributed by atoms with van der Waals surface area (Å²) in [5.74, 6) is 1.43. The highest BCUT2D eigenvalue weighted by Crippen LogP contribution is 2.29. The van der Waals surface area contributed by atoms with Crippen molar-refractivity contribution < 1.29 is 14.3 Å². The number of piperidine rings is 1. The van der Waals surface area contributed by atoms with Crippen molar-refractivity contribution in [2.75, 3.05) is 27.2 Å². The van der Waals surface area contributed by atoms with Crippen LogP contribution < -0.4 is 4.74 Å². The van der Waals surface area contributed by atoms with Crippen LogP contribution in [0.1, 0.15) is 40.7 Å². The second-order valence-corrected chi connectivity index (χ2v) is 10.0. The lowest BCUT2D eigenvalue weighted by molar-refractivity contribution is -0.132. The first kappa shape index (κ1) is 25.0. The van der Waals surface area contributed by atoms with Crippen LogP contribution in [0.15, 0.2) is 71.4 Å². The highest BCUT2D eigenvalue weighted by atomic mass is 32.1. The molecule has 0 N–H and O–H groups in total. The summed E-state index contributed by atoms with van der Waals surface area (Å²) < 4.78 is 5.42. The van der Waals surface area contributed by atoms with Crippen LogP contribution >= 0.6 is 11.3 Å². The van der Waals surface area contributed by atoms with Gasteiger partial charge in [0.1, 0.15) is 5.75 Å². The fourth-order valence-corrected chi connectivity index (χ4v) is 5.62. The number of methoxy groups -OCH3 is 1. The monoisotopic (exact) mass is 490 g/mol. The molecule has 0 saturated carbocycles. The van der Waals surface area contributed by atoms with Crippen molar-refractivity contribution in [1.82, 2.24) is 9.80 Å². The van der Waals surface area contributed by atoms with Crippen LogP contribution in [0.25, 0.3) is 0 Å². The van der Waals surface area contributed by atoms with Crippen LogP contribution in [0, 0.1) is 5.92 Å². The predicted octanol–water partition coefficient (Wildman–Crippen LogP) is 5.31. The maximum absolute atomic E-state index is 13.2. The Kier molecular flexibility index (Phi) is 8.59. The van der Waals surface area contributed by atoms with Crippen molar-refractivity contribution in [2.24, 2.45) is 5.92 Å². The zero-order chi connectivity index (χ0) is 24.6. The van der Waals surface area contributed by atoms with Gasteiger partial charge >= 0.3 is 0 Å². The molecule has 0 bridgehead atoms. The minimum Gasteiger partial charge on any atom is -0.497 e. The minimum absolute atomic E-state index is 0.0519. The second-order valence-electron chi connectivity index (χ2n) is 9.25. The van der Waals surface area contributed by atoms with Gasteiger partial charge in [-0.25, -0.2) is 0 Å². The summed E-state index contributed by atoms with van der Waals surface area (Å²) in [5.41, 5.74) is 3.09. The normalized spacial score (nSPS) is 15.0. The Morgan fingerprint density at radius 2 is 1.80 bits per heavy atom. The number of carbonyl (C=O) groups excluding carboxylic acids is 2. The molecular formula is C29H34N2O3S. The molecule has 1 aliphatic rings. The number of hydrogen-bond donors (Lipinski definition) is 0. The van der Waals surface area contributed by atoms with E-state index in [0.717, 1.165) is 55.6 Å². The lowest BCUT2D eigenvalue weighted by atomic mass is 9.84. The van der Waals surface area contributed by atoms with E-state index in [-0.39, 0.29) is 17.9 Å². The van der Waals surface area contributed by atoms with Crippen molar-refractivity contribution >= 4 is 23.2 Å². The zero-order valence-corrected chi connectivity index (χ0v) is 21.4. The van der Waals surface area contributed by atoms with Gasteiger partial charge in [0.15, 0.2) is 0 Å². The smallest absolute Gasteiger partial charge is 0.254 e. The van der Waals surface area contributed by atoms with E-state index in [1.165, 1.54) is 16.9 Å². The Morgan fingerprint density at radius 3 is 2.49 bits per heavy atom. The maximum atomic E-state index is 13.2. The van der Waals surface area contributed by atoms with Crippen LogP contribution in [0.5, 0.6) is 5.75 Å². The van der Waals surface area contributed by atoms with Gasteiger partial charge in [-0.05, 0) is 66.3 Å². The molecule has 3 aromatic rings. The highest BCUT2D eigenvalue weighted by molar-refractivity contribution is 7.08. The number of likely N-dealkylation sites (tertiary alicyclic amines) is 1. The second kappa shape index (κ2) is 12.0. The number of likely N-dealkylation sites (N-methyl/N-ethyl adjacent to an activating group) is 1. The quantitative estimate of drug-likeness (QED) is 0.408. The van der Waals surface area contributed by atoms with Gasteiger partial charge in [0.05, 0.1) is 12.7 Å². The van der Waals surface area contributed by atoms with Crippen molar-refractivity contribution in [3.05, 3.63) is 88.1 Å². The first-order valence-electron chi connectivity index (χ1n) is 12.3. The van der Waals surface area contributed by atoms with Crippen LogP contribution in [0.3, 0.4) is 0 Å². The van der Waals surface area contributed by atoms with Gasteiger partial charge in [0.25, 0.3) is 5.91 Å². The molecule has 1 aliphatic heterocycles.